The lowest BCUT2D eigenvalue weighted by Gasteiger charge is -2.35. The molecule has 2 N–H and O–H groups in total. The second-order valence-corrected chi connectivity index (χ2v) is 4.09. The molecule has 2 aromatic heterocycles. The molecule has 1 aliphatic heterocycles. The van der Waals surface area contributed by atoms with E-state index in [2.05, 4.69) is 15.0 Å². The van der Waals surface area contributed by atoms with Crippen LogP contribution in [0.3, 0.4) is 0 Å². The van der Waals surface area contributed by atoms with Gasteiger partial charge < -0.3 is 10.6 Å². The quantitative estimate of drug-likeness (QED) is 0.718. The van der Waals surface area contributed by atoms with Crippen LogP contribution in [0.5, 0.6) is 0 Å². The molecule has 0 aliphatic carbocycles. The van der Waals surface area contributed by atoms with Gasteiger partial charge in [-0.15, -0.1) is 5.10 Å². The maximum Gasteiger partial charge on any atom is 0.245 e. The van der Waals surface area contributed by atoms with Gasteiger partial charge in [-0.2, -0.15) is 4.98 Å². The standard InChI is InChI=1S/C10H13N5/c1-7-2-3-9-12-10(13-15(9)4-7)14-5-8(11)6-14/h2-4,8H,5-6,11H2,1H3. The minimum Gasteiger partial charge on any atom is -0.336 e. The molecule has 5 nitrogen and oxygen atoms in total. The van der Waals surface area contributed by atoms with Gasteiger partial charge in [0.1, 0.15) is 0 Å². The Hall–Kier alpha value is -1.62. The Labute approximate surface area is 87.5 Å². The molecule has 0 saturated carbocycles. The summed E-state index contributed by atoms with van der Waals surface area (Å²) in [5, 5.41) is 4.41. The molecule has 15 heavy (non-hydrogen) atoms. The third kappa shape index (κ3) is 1.35. The van der Waals surface area contributed by atoms with Crippen LogP contribution < -0.4 is 10.6 Å². The van der Waals surface area contributed by atoms with E-state index in [9.17, 15) is 0 Å². The predicted molar refractivity (Wildman–Crippen MR) is 57.9 cm³/mol. The first-order chi connectivity index (χ1) is 7.22. The fourth-order valence-corrected chi connectivity index (χ4v) is 1.78. The SMILES string of the molecule is Cc1ccc2nc(N3CC(N)C3)nn2c1. The maximum atomic E-state index is 5.72. The van der Waals surface area contributed by atoms with E-state index >= 15 is 0 Å². The first kappa shape index (κ1) is 8.67. The largest absolute Gasteiger partial charge is 0.336 e. The molecule has 1 aliphatic rings. The molecule has 2 aromatic rings. The molecule has 0 aromatic carbocycles. The predicted octanol–water partition coefficient (Wildman–Crippen LogP) is 0.185. The monoisotopic (exact) mass is 203 g/mol. The van der Waals surface area contributed by atoms with Crippen molar-refractivity contribution in [2.45, 2.75) is 13.0 Å². The third-order valence-electron chi connectivity index (χ3n) is 2.66. The number of aromatic nitrogens is 3. The zero-order valence-electron chi connectivity index (χ0n) is 8.59. The average Bonchev–Trinajstić information content (AvgIpc) is 2.55. The lowest BCUT2D eigenvalue weighted by atomic mass is 10.1. The maximum absolute atomic E-state index is 5.72. The van der Waals surface area contributed by atoms with Crippen LogP contribution in [0, 0.1) is 6.92 Å². The van der Waals surface area contributed by atoms with Crippen LogP contribution in [-0.2, 0) is 0 Å². The van der Waals surface area contributed by atoms with E-state index in [4.69, 9.17) is 5.73 Å². The van der Waals surface area contributed by atoms with Gasteiger partial charge in [-0.25, -0.2) is 4.52 Å². The summed E-state index contributed by atoms with van der Waals surface area (Å²) < 4.78 is 1.81. The van der Waals surface area contributed by atoms with Gasteiger partial charge >= 0.3 is 0 Å². The summed E-state index contributed by atoms with van der Waals surface area (Å²) >= 11 is 0. The number of aryl methyl sites for hydroxylation is 1. The molecule has 3 heterocycles. The number of pyridine rings is 1. The van der Waals surface area contributed by atoms with E-state index in [-0.39, 0.29) is 6.04 Å². The first-order valence-corrected chi connectivity index (χ1v) is 5.06. The summed E-state index contributed by atoms with van der Waals surface area (Å²) in [5.41, 5.74) is 7.79. The van der Waals surface area contributed by atoms with Gasteiger partial charge in [-0.3, -0.25) is 0 Å². The Balaban J connectivity index is 1.99. The summed E-state index contributed by atoms with van der Waals surface area (Å²) in [6.45, 7) is 3.76. The lowest BCUT2D eigenvalue weighted by molar-refractivity contribution is 0.509. The zero-order valence-corrected chi connectivity index (χ0v) is 8.59. The number of anilines is 1. The van der Waals surface area contributed by atoms with E-state index < -0.39 is 0 Å². The van der Waals surface area contributed by atoms with Gasteiger partial charge in [0.25, 0.3) is 0 Å². The van der Waals surface area contributed by atoms with Crippen molar-refractivity contribution in [3.63, 3.8) is 0 Å². The molecular formula is C10H13N5. The Kier molecular flexibility index (Phi) is 1.70. The van der Waals surface area contributed by atoms with Crippen LogP contribution in [-0.4, -0.2) is 33.7 Å². The minimum absolute atomic E-state index is 0.276. The molecule has 5 heteroatoms. The number of nitrogens with two attached hydrogens (primary N) is 1. The van der Waals surface area contributed by atoms with E-state index in [1.807, 2.05) is 29.8 Å². The lowest BCUT2D eigenvalue weighted by Crippen LogP contribution is -2.56. The van der Waals surface area contributed by atoms with Gasteiger partial charge in [0.05, 0.1) is 0 Å². The highest BCUT2D eigenvalue weighted by molar-refractivity contribution is 5.46. The van der Waals surface area contributed by atoms with Crippen molar-refractivity contribution >= 4 is 11.6 Å². The van der Waals surface area contributed by atoms with Crippen LogP contribution in [0.25, 0.3) is 5.65 Å². The van der Waals surface area contributed by atoms with Crippen molar-refractivity contribution in [3.8, 4) is 0 Å². The highest BCUT2D eigenvalue weighted by Crippen LogP contribution is 2.16. The number of rotatable bonds is 1. The van der Waals surface area contributed by atoms with Gasteiger partial charge in [0.15, 0.2) is 5.65 Å². The van der Waals surface area contributed by atoms with Crippen LogP contribution in [0.2, 0.25) is 0 Å². The van der Waals surface area contributed by atoms with Gasteiger partial charge in [-0.05, 0) is 18.6 Å². The van der Waals surface area contributed by atoms with Crippen molar-refractivity contribution in [2.24, 2.45) is 5.73 Å². The van der Waals surface area contributed by atoms with Crippen molar-refractivity contribution in [3.05, 3.63) is 23.9 Å². The van der Waals surface area contributed by atoms with Crippen molar-refractivity contribution in [1.29, 1.82) is 0 Å². The molecular weight excluding hydrogens is 190 g/mol. The van der Waals surface area contributed by atoms with E-state index in [1.54, 1.807) is 0 Å². The number of fused-ring (bicyclic) bond motifs is 1. The van der Waals surface area contributed by atoms with Crippen LogP contribution >= 0.6 is 0 Å². The van der Waals surface area contributed by atoms with Gasteiger partial charge in [-0.1, -0.05) is 6.07 Å². The summed E-state index contributed by atoms with van der Waals surface area (Å²) in [6.07, 6.45) is 1.98. The number of nitrogens with zero attached hydrogens (tertiary/aromatic N) is 4. The Morgan fingerprint density at radius 1 is 1.40 bits per heavy atom. The molecule has 78 valence electrons. The summed E-state index contributed by atoms with van der Waals surface area (Å²) in [7, 11) is 0. The summed E-state index contributed by atoms with van der Waals surface area (Å²) in [5.74, 6) is 0.780. The molecule has 3 rings (SSSR count). The van der Waals surface area contributed by atoms with Crippen molar-refractivity contribution < 1.29 is 0 Å². The minimum atomic E-state index is 0.276. The molecule has 0 atom stereocenters. The highest BCUT2D eigenvalue weighted by Gasteiger charge is 2.26. The molecule has 0 radical (unpaired) electrons. The Morgan fingerprint density at radius 2 is 2.20 bits per heavy atom. The molecule has 0 amide bonds. The fourth-order valence-electron chi connectivity index (χ4n) is 1.78. The van der Waals surface area contributed by atoms with Crippen molar-refractivity contribution in [1.82, 2.24) is 14.6 Å². The molecule has 0 spiro atoms. The summed E-state index contributed by atoms with van der Waals surface area (Å²) in [6, 6.07) is 4.29. The molecule has 0 unspecified atom stereocenters. The smallest absolute Gasteiger partial charge is 0.245 e. The van der Waals surface area contributed by atoms with Crippen LogP contribution in [0.4, 0.5) is 5.95 Å². The zero-order chi connectivity index (χ0) is 10.4. The average molecular weight is 203 g/mol. The van der Waals surface area contributed by atoms with Gasteiger partial charge in [0, 0.05) is 25.3 Å². The second-order valence-electron chi connectivity index (χ2n) is 4.09. The van der Waals surface area contributed by atoms with E-state index in [0.717, 1.165) is 24.7 Å². The first-order valence-electron chi connectivity index (χ1n) is 5.06. The van der Waals surface area contributed by atoms with E-state index in [0.29, 0.717) is 0 Å². The number of hydrogen-bond donors (Lipinski definition) is 1. The highest BCUT2D eigenvalue weighted by atomic mass is 15.4. The molecule has 1 saturated heterocycles. The van der Waals surface area contributed by atoms with Crippen LogP contribution in [0.1, 0.15) is 5.56 Å². The van der Waals surface area contributed by atoms with Crippen LogP contribution in [0.15, 0.2) is 18.3 Å². The second kappa shape index (κ2) is 2.93. The summed E-state index contributed by atoms with van der Waals surface area (Å²) in [4.78, 5) is 6.52. The molecule has 1 fully saturated rings. The molecule has 0 bridgehead atoms. The normalized spacial score (nSPS) is 17.1. The Bertz CT molecular complexity index is 497. The van der Waals surface area contributed by atoms with Crippen molar-refractivity contribution in [2.75, 3.05) is 18.0 Å². The van der Waals surface area contributed by atoms with E-state index in [1.165, 1.54) is 5.56 Å². The van der Waals surface area contributed by atoms with Gasteiger partial charge in [0.2, 0.25) is 5.95 Å². The third-order valence-corrected chi connectivity index (χ3v) is 2.66. The fraction of sp³-hybridized carbons (Fsp3) is 0.400. The Morgan fingerprint density at radius 3 is 2.93 bits per heavy atom. The number of hydrogen-bond acceptors (Lipinski definition) is 4. The topological polar surface area (TPSA) is 59.5 Å².